The smallest absolute Gasteiger partial charge is 0.309 e. The van der Waals surface area contributed by atoms with Gasteiger partial charge in [-0.05, 0) is 25.7 Å². The molecule has 0 aromatic rings. The van der Waals surface area contributed by atoms with Crippen molar-refractivity contribution in [2.75, 3.05) is 0 Å². The highest BCUT2D eigenvalue weighted by molar-refractivity contribution is 5.74. The van der Waals surface area contributed by atoms with Crippen molar-refractivity contribution < 1.29 is 9.90 Å². The summed E-state index contributed by atoms with van der Waals surface area (Å²) in [6, 6.07) is 0. The van der Waals surface area contributed by atoms with E-state index >= 15 is 0 Å². The molecule has 90 valence electrons. The Morgan fingerprint density at radius 1 is 1.07 bits per heavy atom. The molecule has 0 amide bonds. The third-order valence-corrected chi connectivity index (χ3v) is 3.88. The molecule has 2 nitrogen and oxygen atoms in total. The van der Waals surface area contributed by atoms with E-state index in [4.69, 9.17) is 0 Å². The number of carbonyl (C=O) groups is 1. The van der Waals surface area contributed by atoms with Crippen molar-refractivity contribution in [3.63, 3.8) is 0 Å². The van der Waals surface area contributed by atoms with Crippen molar-refractivity contribution in [3.05, 3.63) is 0 Å². The minimum absolute atomic E-state index is 0.132. The summed E-state index contributed by atoms with van der Waals surface area (Å²) < 4.78 is 0. The molecule has 0 spiro atoms. The van der Waals surface area contributed by atoms with Crippen LogP contribution < -0.4 is 0 Å². The molecular weight excluding hydrogens is 188 g/mol. The third kappa shape index (κ3) is 3.84. The minimum atomic E-state index is -0.692. The van der Waals surface area contributed by atoms with Crippen LogP contribution in [0, 0.1) is 10.8 Å². The molecule has 0 heterocycles. The summed E-state index contributed by atoms with van der Waals surface area (Å²) in [5.41, 5.74) is -0.772. The largest absolute Gasteiger partial charge is 0.481 e. The molecule has 0 radical (unpaired) electrons. The molecule has 1 N–H and O–H groups in total. The first-order valence-corrected chi connectivity index (χ1v) is 5.99. The van der Waals surface area contributed by atoms with Crippen molar-refractivity contribution in [2.45, 2.75) is 66.7 Å². The molecular formula is C13H26O2. The molecule has 0 aromatic heterocycles. The van der Waals surface area contributed by atoms with E-state index in [-0.39, 0.29) is 5.41 Å². The SMILES string of the molecule is CCCCCCC(C)(C)C(C)(C)C(=O)O. The fraction of sp³-hybridized carbons (Fsp3) is 0.923. The quantitative estimate of drug-likeness (QED) is 0.648. The molecule has 0 saturated heterocycles. The summed E-state index contributed by atoms with van der Waals surface area (Å²) in [7, 11) is 0. The van der Waals surface area contributed by atoms with Crippen molar-refractivity contribution in [2.24, 2.45) is 10.8 Å². The van der Waals surface area contributed by atoms with Gasteiger partial charge in [-0.2, -0.15) is 0 Å². The number of rotatable bonds is 7. The Hall–Kier alpha value is -0.530. The average Bonchev–Trinajstić information content (AvgIpc) is 2.12. The van der Waals surface area contributed by atoms with E-state index < -0.39 is 11.4 Å². The number of hydrogen-bond donors (Lipinski definition) is 1. The van der Waals surface area contributed by atoms with E-state index in [0.29, 0.717) is 0 Å². The van der Waals surface area contributed by atoms with Gasteiger partial charge in [-0.15, -0.1) is 0 Å². The topological polar surface area (TPSA) is 37.3 Å². The normalized spacial score (nSPS) is 12.9. The summed E-state index contributed by atoms with van der Waals surface area (Å²) in [4.78, 5) is 11.2. The Labute approximate surface area is 94.1 Å². The van der Waals surface area contributed by atoms with Crippen LogP contribution >= 0.6 is 0 Å². The summed E-state index contributed by atoms with van der Waals surface area (Å²) in [5, 5.41) is 9.18. The summed E-state index contributed by atoms with van der Waals surface area (Å²) >= 11 is 0. The Kier molecular flexibility index (Phi) is 5.33. The van der Waals surface area contributed by atoms with Crippen LogP contribution in [0.1, 0.15) is 66.7 Å². The Balaban J connectivity index is 4.22. The molecule has 0 unspecified atom stereocenters. The first-order valence-electron chi connectivity index (χ1n) is 5.99. The van der Waals surface area contributed by atoms with Gasteiger partial charge in [0.05, 0.1) is 5.41 Å². The summed E-state index contributed by atoms with van der Waals surface area (Å²) in [5.74, 6) is -0.692. The van der Waals surface area contributed by atoms with Crippen LogP contribution in [-0.2, 0) is 4.79 Å². The zero-order valence-corrected chi connectivity index (χ0v) is 10.9. The maximum atomic E-state index is 11.2. The molecule has 0 aliphatic carbocycles. The maximum Gasteiger partial charge on any atom is 0.309 e. The van der Waals surface area contributed by atoms with Gasteiger partial charge in [0.15, 0.2) is 0 Å². The van der Waals surface area contributed by atoms with Crippen LogP contribution in [0.2, 0.25) is 0 Å². The highest BCUT2D eigenvalue weighted by Crippen LogP contribution is 2.42. The van der Waals surface area contributed by atoms with Gasteiger partial charge >= 0.3 is 5.97 Å². The molecule has 2 heteroatoms. The summed E-state index contributed by atoms with van der Waals surface area (Å²) in [6.45, 7) is 9.97. The average molecular weight is 214 g/mol. The monoisotopic (exact) mass is 214 g/mol. The predicted molar refractivity (Wildman–Crippen MR) is 64.0 cm³/mol. The lowest BCUT2D eigenvalue weighted by Crippen LogP contribution is -2.39. The second-order valence-corrected chi connectivity index (χ2v) is 5.62. The zero-order valence-electron chi connectivity index (χ0n) is 10.9. The molecule has 0 saturated carbocycles. The Bertz CT molecular complexity index is 205. The van der Waals surface area contributed by atoms with Gasteiger partial charge in [-0.1, -0.05) is 46.5 Å². The van der Waals surface area contributed by atoms with Gasteiger partial charge in [0.25, 0.3) is 0 Å². The van der Waals surface area contributed by atoms with E-state index in [1.54, 1.807) is 0 Å². The molecule has 0 aliphatic heterocycles. The number of unbranched alkanes of at least 4 members (excludes halogenated alkanes) is 3. The number of aliphatic carboxylic acids is 1. The van der Waals surface area contributed by atoms with E-state index in [1.807, 2.05) is 13.8 Å². The molecule has 0 bridgehead atoms. The Morgan fingerprint density at radius 3 is 2.00 bits per heavy atom. The van der Waals surface area contributed by atoms with Gasteiger partial charge in [-0.25, -0.2) is 0 Å². The lowest BCUT2D eigenvalue weighted by molar-refractivity contribution is -0.154. The summed E-state index contributed by atoms with van der Waals surface area (Å²) in [6.07, 6.45) is 5.83. The van der Waals surface area contributed by atoms with Crippen LogP contribution in [0.25, 0.3) is 0 Å². The second-order valence-electron chi connectivity index (χ2n) is 5.62. The first-order chi connectivity index (χ1) is 6.75. The van der Waals surface area contributed by atoms with Crippen molar-refractivity contribution >= 4 is 5.97 Å². The van der Waals surface area contributed by atoms with E-state index in [9.17, 15) is 9.90 Å². The van der Waals surface area contributed by atoms with Gasteiger partial charge < -0.3 is 5.11 Å². The van der Waals surface area contributed by atoms with Crippen LogP contribution in [0.3, 0.4) is 0 Å². The molecule has 0 aromatic carbocycles. The number of carboxylic acid groups (broad SMARTS) is 1. The molecule has 15 heavy (non-hydrogen) atoms. The van der Waals surface area contributed by atoms with Gasteiger partial charge in [-0.3, -0.25) is 4.79 Å². The molecule has 0 fully saturated rings. The van der Waals surface area contributed by atoms with Crippen LogP contribution in [0.15, 0.2) is 0 Å². The fourth-order valence-corrected chi connectivity index (χ4v) is 1.60. The van der Waals surface area contributed by atoms with E-state index in [0.717, 1.165) is 12.8 Å². The van der Waals surface area contributed by atoms with Crippen molar-refractivity contribution in [1.29, 1.82) is 0 Å². The lowest BCUT2D eigenvalue weighted by Gasteiger charge is -2.38. The lowest BCUT2D eigenvalue weighted by atomic mass is 9.65. The second kappa shape index (κ2) is 5.53. The highest BCUT2D eigenvalue weighted by atomic mass is 16.4. The van der Waals surface area contributed by atoms with Gasteiger partial charge in [0, 0.05) is 0 Å². The third-order valence-electron chi connectivity index (χ3n) is 3.88. The van der Waals surface area contributed by atoms with Crippen molar-refractivity contribution in [3.8, 4) is 0 Å². The highest BCUT2D eigenvalue weighted by Gasteiger charge is 2.42. The minimum Gasteiger partial charge on any atom is -0.481 e. The standard InChI is InChI=1S/C13H26O2/c1-6-7-8-9-10-12(2,3)13(4,5)11(14)15/h6-10H2,1-5H3,(H,14,15). The number of carboxylic acids is 1. The van der Waals surface area contributed by atoms with E-state index in [1.165, 1.54) is 19.3 Å². The maximum absolute atomic E-state index is 11.2. The molecule has 0 atom stereocenters. The number of hydrogen-bond acceptors (Lipinski definition) is 1. The van der Waals surface area contributed by atoms with Crippen LogP contribution in [0.5, 0.6) is 0 Å². The molecule has 0 aliphatic rings. The Morgan fingerprint density at radius 2 is 1.60 bits per heavy atom. The van der Waals surface area contributed by atoms with Crippen LogP contribution in [-0.4, -0.2) is 11.1 Å². The fourth-order valence-electron chi connectivity index (χ4n) is 1.60. The predicted octanol–water partition coefficient (Wildman–Crippen LogP) is 4.09. The van der Waals surface area contributed by atoms with Gasteiger partial charge in [0.2, 0.25) is 0 Å². The van der Waals surface area contributed by atoms with Crippen molar-refractivity contribution in [1.82, 2.24) is 0 Å². The zero-order chi connectivity index (χ0) is 12.1. The molecule has 0 rings (SSSR count). The van der Waals surface area contributed by atoms with Gasteiger partial charge in [0.1, 0.15) is 0 Å². The first kappa shape index (κ1) is 14.5. The van der Waals surface area contributed by atoms with Crippen LogP contribution in [0.4, 0.5) is 0 Å². The van der Waals surface area contributed by atoms with E-state index in [2.05, 4.69) is 20.8 Å².